The van der Waals surface area contributed by atoms with Crippen molar-refractivity contribution in [1.82, 2.24) is 10.2 Å². The van der Waals surface area contributed by atoms with Gasteiger partial charge in [-0.15, -0.1) is 0 Å². The van der Waals surface area contributed by atoms with E-state index in [1.54, 1.807) is 0 Å². The molecule has 0 bridgehead atoms. The molecule has 102 valence electrons. The normalized spacial score (nSPS) is 12.9. The van der Waals surface area contributed by atoms with Crippen LogP contribution in [0, 0.1) is 0 Å². The zero-order valence-electron chi connectivity index (χ0n) is 11.7. The molecular formula is C15H25BrN2. The first-order valence-corrected chi connectivity index (χ1v) is 7.62. The Morgan fingerprint density at radius 2 is 1.78 bits per heavy atom. The highest BCUT2D eigenvalue weighted by Crippen LogP contribution is 2.13. The standard InChI is InChI=1S/C15H25BrN2/c1-4-18(5-2)11-10-15(17-3)12-13-6-8-14(16)9-7-13/h6-9,15,17H,4-5,10-12H2,1-3H3. The molecule has 1 unspecified atom stereocenters. The van der Waals surface area contributed by atoms with Gasteiger partial charge in [0.1, 0.15) is 0 Å². The minimum Gasteiger partial charge on any atom is -0.317 e. The summed E-state index contributed by atoms with van der Waals surface area (Å²) in [5, 5.41) is 3.43. The van der Waals surface area contributed by atoms with Gasteiger partial charge in [0.2, 0.25) is 0 Å². The molecule has 0 amide bonds. The Kier molecular flexibility index (Phi) is 7.56. The lowest BCUT2D eigenvalue weighted by Crippen LogP contribution is -2.33. The van der Waals surface area contributed by atoms with E-state index in [0.29, 0.717) is 6.04 Å². The van der Waals surface area contributed by atoms with Crippen LogP contribution < -0.4 is 5.32 Å². The minimum atomic E-state index is 0.562. The van der Waals surface area contributed by atoms with Crippen molar-refractivity contribution in [3.8, 4) is 0 Å². The Morgan fingerprint density at radius 3 is 2.28 bits per heavy atom. The molecule has 18 heavy (non-hydrogen) atoms. The van der Waals surface area contributed by atoms with Gasteiger partial charge in [-0.1, -0.05) is 41.9 Å². The highest BCUT2D eigenvalue weighted by Gasteiger charge is 2.09. The maximum absolute atomic E-state index is 3.47. The van der Waals surface area contributed by atoms with Gasteiger partial charge in [0, 0.05) is 10.5 Å². The maximum Gasteiger partial charge on any atom is 0.0175 e. The quantitative estimate of drug-likeness (QED) is 0.792. The van der Waals surface area contributed by atoms with Crippen LogP contribution in [0.1, 0.15) is 25.8 Å². The van der Waals surface area contributed by atoms with Gasteiger partial charge >= 0.3 is 0 Å². The third-order valence-electron chi connectivity index (χ3n) is 3.49. The monoisotopic (exact) mass is 312 g/mol. The molecule has 2 nitrogen and oxygen atoms in total. The van der Waals surface area contributed by atoms with Crippen molar-refractivity contribution in [2.24, 2.45) is 0 Å². The van der Waals surface area contributed by atoms with Crippen LogP contribution in [-0.2, 0) is 6.42 Å². The molecule has 3 heteroatoms. The smallest absolute Gasteiger partial charge is 0.0175 e. The molecule has 1 aromatic carbocycles. The third kappa shape index (κ3) is 5.51. The first-order valence-electron chi connectivity index (χ1n) is 6.83. The lowest BCUT2D eigenvalue weighted by atomic mass is 10.0. The summed E-state index contributed by atoms with van der Waals surface area (Å²) < 4.78 is 1.15. The van der Waals surface area contributed by atoms with Crippen LogP contribution in [0.5, 0.6) is 0 Å². The predicted octanol–water partition coefficient (Wildman–Crippen LogP) is 3.31. The molecule has 1 atom stereocenters. The van der Waals surface area contributed by atoms with Crippen molar-refractivity contribution < 1.29 is 0 Å². The summed E-state index contributed by atoms with van der Waals surface area (Å²) in [6.07, 6.45) is 2.30. The van der Waals surface area contributed by atoms with Crippen molar-refractivity contribution in [1.29, 1.82) is 0 Å². The van der Waals surface area contributed by atoms with E-state index in [2.05, 4.69) is 71.3 Å². The Balaban J connectivity index is 2.44. The van der Waals surface area contributed by atoms with Crippen molar-refractivity contribution >= 4 is 15.9 Å². The number of hydrogen-bond acceptors (Lipinski definition) is 2. The van der Waals surface area contributed by atoms with E-state index in [1.165, 1.54) is 18.5 Å². The van der Waals surface area contributed by atoms with E-state index in [-0.39, 0.29) is 0 Å². The Hall–Kier alpha value is -0.380. The second-order valence-electron chi connectivity index (χ2n) is 4.63. The molecule has 1 rings (SSSR count). The summed E-state index contributed by atoms with van der Waals surface area (Å²) in [4.78, 5) is 2.48. The van der Waals surface area contributed by atoms with Gasteiger partial charge in [-0.25, -0.2) is 0 Å². The van der Waals surface area contributed by atoms with Crippen molar-refractivity contribution in [2.45, 2.75) is 32.7 Å². The van der Waals surface area contributed by atoms with Gasteiger partial charge in [0.15, 0.2) is 0 Å². The van der Waals surface area contributed by atoms with Gasteiger partial charge in [-0.3, -0.25) is 0 Å². The van der Waals surface area contributed by atoms with Crippen LogP contribution in [0.4, 0.5) is 0 Å². The van der Waals surface area contributed by atoms with Crippen LogP contribution in [0.2, 0.25) is 0 Å². The summed E-state index contributed by atoms with van der Waals surface area (Å²) in [7, 11) is 2.06. The highest BCUT2D eigenvalue weighted by atomic mass is 79.9. The third-order valence-corrected chi connectivity index (χ3v) is 4.02. The summed E-state index contributed by atoms with van der Waals surface area (Å²) in [5.74, 6) is 0. The number of nitrogens with zero attached hydrogens (tertiary/aromatic N) is 1. The number of likely N-dealkylation sites (N-methyl/N-ethyl adjacent to an activating group) is 1. The van der Waals surface area contributed by atoms with Crippen LogP contribution in [-0.4, -0.2) is 37.6 Å². The van der Waals surface area contributed by atoms with Crippen LogP contribution in [0.15, 0.2) is 28.7 Å². The molecule has 0 spiro atoms. The van der Waals surface area contributed by atoms with Crippen molar-refractivity contribution in [2.75, 3.05) is 26.7 Å². The molecule has 0 radical (unpaired) electrons. The van der Waals surface area contributed by atoms with E-state index in [9.17, 15) is 0 Å². The number of halogens is 1. The molecule has 0 fully saturated rings. The fourth-order valence-electron chi connectivity index (χ4n) is 2.13. The lowest BCUT2D eigenvalue weighted by molar-refractivity contribution is 0.283. The van der Waals surface area contributed by atoms with Crippen molar-refractivity contribution in [3.63, 3.8) is 0 Å². The van der Waals surface area contributed by atoms with Crippen LogP contribution in [0.25, 0.3) is 0 Å². The Bertz CT molecular complexity index is 320. The fraction of sp³-hybridized carbons (Fsp3) is 0.600. The number of rotatable bonds is 8. The van der Waals surface area contributed by atoms with E-state index < -0.39 is 0 Å². The zero-order valence-corrected chi connectivity index (χ0v) is 13.3. The van der Waals surface area contributed by atoms with E-state index in [0.717, 1.165) is 24.0 Å². The minimum absolute atomic E-state index is 0.562. The lowest BCUT2D eigenvalue weighted by Gasteiger charge is -2.22. The van der Waals surface area contributed by atoms with Crippen molar-refractivity contribution in [3.05, 3.63) is 34.3 Å². The first-order chi connectivity index (χ1) is 8.69. The summed E-state index contributed by atoms with van der Waals surface area (Å²) in [5.41, 5.74) is 1.40. The van der Waals surface area contributed by atoms with Gasteiger partial charge < -0.3 is 10.2 Å². The molecule has 0 saturated heterocycles. The van der Waals surface area contributed by atoms with Crippen LogP contribution in [0.3, 0.4) is 0 Å². The fourth-order valence-corrected chi connectivity index (χ4v) is 2.40. The molecule has 1 aromatic rings. The average molecular weight is 313 g/mol. The van der Waals surface area contributed by atoms with E-state index in [1.807, 2.05) is 0 Å². The number of benzene rings is 1. The molecule has 0 aliphatic carbocycles. The average Bonchev–Trinajstić information content (AvgIpc) is 2.40. The Labute approximate surface area is 120 Å². The number of nitrogens with one attached hydrogen (secondary N) is 1. The topological polar surface area (TPSA) is 15.3 Å². The van der Waals surface area contributed by atoms with E-state index >= 15 is 0 Å². The first kappa shape index (κ1) is 15.7. The summed E-state index contributed by atoms with van der Waals surface area (Å²) in [6.45, 7) is 7.92. The largest absolute Gasteiger partial charge is 0.317 e. The maximum atomic E-state index is 3.47. The van der Waals surface area contributed by atoms with Crippen LogP contribution >= 0.6 is 15.9 Å². The summed E-state index contributed by atoms with van der Waals surface area (Å²) >= 11 is 3.47. The molecule has 0 heterocycles. The van der Waals surface area contributed by atoms with Gasteiger partial charge in [-0.05, 0) is 57.2 Å². The zero-order chi connectivity index (χ0) is 13.4. The second-order valence-corrected chi connectivity index (χ2v) is 5.55. The molecule has 0 saturated carbocycles. The van der Waals surface area contributed by atoms with Gasteiger partial charge in [0.25, 0.3) is 0 Å². The second kappa shape index (κ2) is 8.68. The molecular weight excluding hydrogens is 288 g/mol. The highest BCUT2D eigenvalue weighted by molar-refractivity contribution is 9.10. The number of hydrogen-bond donors (Lipinski definition) is 1. The molecule has 0 aliphatic rings. The van der Waals surface area contributed by atoms with E-state index in [4.69, 9.17) is 0 Å². The van der Waals surface area contributed by atoms with Gasteiger partial charge in [0.05, 0.1) is 0 Å². The molecule has 0 aliphatic heterocycles. The summed E-state index contributed by atoms with van der Waals surface area (Å²) in [6, 6.07) is 9.20. The molecule has 0 aromatic heterocycles. The Morgan fingerprint density at radius 1 is 1.17 bits per heavy atom. The SMILES string of the molecule is CCN(CC)CCC(Cc1ccc(Br)cc1)NC. The predicted molar refractivity (Wildman–Crippen MR) is 83.1 cm³/mol. The molecule has 1 N–H and O–H groups in total. The van der Waals surface area contributed by atoms with Gasteiger partial charge in [-0.2, -0.15) is 0 Å².